The van der Waals surface area contributed by atoms with Gasteiger partial charge in [0.05, 0.1) is 11.5 Å². The number of hydroxylamine groups is 1. The lowest BCUT2D eigenvalue weighted by Crippen LogP contribution is -2.52. The van der Waals surface area contributed by atoms with E-state index in [9.17, 15) is 21.6 Å². The van der Waals surface area contributed by atoms with Crippen LogP contribution in [0.2, 0.25) is 5.02 Å². The van der Waals surface area contributed by atoms with E-state index in [0.29, 0.717) is 10.6 Å². The van der Waals surface area contributed by atoms with Gasteiger partial charge in [0.1, 0.15) is 6.04 Å². The van der Waals surface area contributed by atoms with Gasteiger partial charge >= 0.3 is 0 Å². The van der Waals surface area contributed by atoms with E-state index in [1.54, 1.807) is 36.4 Å². The molecule has 3 rings (SSSR count). The van der Waals surface area contributed by atoms with Crippen LogP contribution in [0.25, 0.3) is 22.9 Å². The molecule has 0 fully saturated rings. The minimum atomic E-state index is -4.04. The summed E-state index contributed by atoms with van der Waals surface area (Å²) in [4.78, 5) is 12.0. The predicted molar refractivity (Wildman–Crippen MR) is 146 cm³/mol. The van der Waals surface area contributed by atoms with E-state index >= 15 is 0 Å². The van der Waals surface area contributed by atoms with E-state index in [0.717, 1.165) is 16.3 Å². The Hall–Kier alpha value is -3.06. The summed E-state index contributed by atoms with van der Waals surface area (Å²) in [6, 6.07) is 18.5. The fraction of sp³-hybridized carbons (Fsp3) is 0.160. The average molecular weight is 564 g/mol. The number of carbonyl (C=O) groups excluding carboxylic acids is 1. The van der Waals surface area contributed by atoms with Crippen LogP contribution in [0.1, 0.15) is 11.1 Å². The average Bonchev–Trinajstić information content (AvgIpc) is 2.87. The Morgan fingerprint density at radius 3 is 2.24 bits per heavy atom. The van der Waals surface area contributed by atoms with Crippen molar-refractivity contribution in [2.45, 2.75) is 6.04 Å². The molecule has 0 aliphatic heterocycles. The topological polar surface area (TPSA) is 142 Å². The van der Waals surface area contributed by atoms with E-state index in [4.69, 9.17) is 16.8 Å². The Morgan fingerprint density at radius 2 is 1.51 bits per heavy atom. The molecule has 0 radical (unpaired) electrons. The third-order valence-electron chi connectivity index (χ3n) is 5.19. The van der Waals surface area contributed by atoms with Crippen LogP contribution in [-0.2, 0) is 24.8 Å². The fourth-order valence-corrected chi connectivity index (χ4v) is 5.47. The number of sulfonamides is 2. The highest BCUT2D eigenvalue weighted by atomic mass is 35.5. The lowest BCUT2D eigenvalue weighted by molar-refractivity contribution is -0.130. The summed E-state index contributed by atoms with van der Waals surface area (Å²) in [5, 5.41) is 11.5. The highest BCUT2D eigenvalue weighted by Gasteiger charge is 2.25. The van der Waals surface area contributed by atoms with E-state index < -0.39 is 50.0 Å². The monoisotopic (exact) mass is 563 g/mol. The van der Waals surface area contributed by atoms with Gasteiger partial charge in [-0.3, -0.25) is 10.0 Å². The Kier molecular flexibility index (Phi) is 9.98. The molecule has 4 N–H and O–H groups in total. The molecule has 3 aromatic rings. The van der Waals surface area contributed by atoms with Gasteiger partial charge in [-0.2, -0.15) is 0 Å². The molecular formula is C25H26ClN3O6S2. The zero-order valence-corrected chi connectivity index (χ0v) is 21.9. The van der Waals surface area contributed by atoms with Crippen molar-refractivity contribution in [3.63, 3.8) is 0 Å². The van der Waals surface area contributed by atoms with Crippen LogP contribution < -0.4 is 14.9 Å². The van der Waals surface area contributed by atoms with Gasteiger partial charge < -0.3 is 0 Å². The molecule has 0 spiro atoms. The predicted octanol–water partition coefficient (Wildman–Crippen LogP) is 2.93. The number of rotatable bonds is 12. The van der Waals surface area contributed by atoms with Gasteiger partial charge in [-0.25, -0.2) is 31.8 Å². The maximum atomic E-state index is 12.5. The number of halogens is 1. The summed E-state index contributed by atoms with van der Waals surface area (Å²) in [5.41, 5.74) is 2.90. The van der Waals surface area contributed by atoms with Crippen molar-refractivity contribution in [3.05, 3.63) is 95.0 Å². The molecule has 0 aliphatic rings. The normalized spacial score (nSPS) is 13.4. The Balaban J connectivity index is 1.59. The van der Waals surface area contributed by atoms with E-state index in [1.807, 2.05) is 42.5 Å². The van der Waals surface area contributed by atoms with Crippen LogP contribution in [-0.4, -0.2) is 52.0 Å². The first-order chi connectivity index (χ1) is 17.6. The smallest absolute Gasteiger partial charge is 0.262 e. The van der Waals surface area contributed by atoms with Gasteiger partial charge in [0.15, 0.2) is 0 Å². The zero-order chi connectivity index (χ0) is 26.9. The van der Waals surface area contributed by atoms with Gasteiger partial charge in [-0.1, -0.05) is 90.5 Å². The summed E-state index contributed by atoms with van der Waals surface area (Å²) in [5.74, 6) is -2.00. The number of amides is 1. The van der Waals surface area contributed by atoms with Gasteiger partial charge in [0.25, 0.3) is 5.91 Å². The largest absolute Gasteiger partial charge is 0.289 e. The molecule has 0 aliphatic carbocycles. The van der Waals surface area contributed by atoms with Crippen LogP contribution in [0.5, 0.6) is 0 Å². The first kappa shape index (κ1) is 28.5. The van der Waals surface area contributed by atoms with Crippen molar-refractivity contribution >= 4 is 60.5 Å². The van der Waals surface area contributed by atoms with Crippen LogP contribution in [0.15, 0.2) is 78.9 Å². The maximum absolute atomic E-state index is 12.5. The molecule has 0 aromatic heterocycles. The SMILES string of the molecule is O=C(NO)C(CNS(=O)(=O)CC=Cc1cccc2ccccc12)NS(=O)(=O)CC=Cc1ccc(Cl)cc1. The highest BCUT2D eigenvalue weighted by Crippen LogP contribution is 2.19. The molecule has 0 heterocycles. The van der Waals surface area contributed by atoms with Crippen LogP contribution >= 0.6 is 11.6 Å². The first-order valence-electron chi connectivity index (χ1n) is 11.1. The van der Waals surface area contributed by atoms with Crippen LogP contribution in [0.4, 0.5) is 0 Å². The van der Waals surface area contributed by atoms with Gasteiger partial charge in [0.2, 0.25) is 20.0 Å². The third-order valence-corrected chi connectivity index (χ3v) is 7.95. The Bertz CT molecular complexity index is 1500. The molecule has 3 aromatic carbocycles. The number of hydrogen-bond donors (Lipinski definition) is 4. The Morgan fingerprint density at radius 1 is 0.865 bits per heavy atom. The first-order valence-corrected chi connectivity index (χ1v) is 14.7. The highest BCUT2D eigenvalue weighted by molar-refractivity contribution is 7.90. The lowest BCUT2D eigenvalue weighted by Gasteiger charge is -2.17. The Labute approximate surface area is 220 Å². The lowest BCUT2D eigenvalue weighted by atomic mass is 10.0. The van der Waals surface area contributed by atoms with Crippen LogP contribution in [0.3, 0.4) is 0 Å². The zero-order valence-electron chi connectivity index (χ0n) is 19.5. The van der Waals surface area contributed by atoms with Crippen molar-refractivity contribution < 1.29 is 26.8 Å². The summed E-state index contributed by atoms with van der Waals surface area (Å²) in [6.45, 7) is -0.600. The number of hydrogen-bond acceptors (Lipinski definition) is 6. The number of fused-ring (bicyclic) bond motifs is 1. The van der Waals surface area contributed by atoms with Crippen LogP contribution in [0, 0.1) is 0 Å². The van der Waals surface area contributed by atoms with Crippen molar-refractivity contribution in [1.29, 1.82) is 0 Å². The molecule has 196 valence electrons. The molecule has 37 heavy (non-hydrogen) atoms. The third kappa shape index (κ3) is 9.08. The van der Waals surface area contributed by atoms with E-state index in [2.05, 4.69) is 9.44 Å². The van der Waals surface area contributed by atoms with Crippen molar-refractivity contribution in [2.24, 2.45) is 0 Å². The quantitative estimate of drug-likeness (QED) is 0.197. The molecule has 9 nitrogen and oxygen atoms in total. The maximum Gasteiger partial charge on any atom is 0.262 e. The molecule has 0 saturated heterocycles. The van der Waals surface area contributed by atoms with E-state index in [-0.39, 0.29) is 0 Å². The minimum Gasteiger partial charge on any atom is -0.289 e. The van der Waals surface area contributed by atoms with Crippen molar-refractivity contribution in [3.8, 4) is 0 Å². The molecule has 1 amide bonds. The van der Waals surface area contributed by atoms with Crippen molar-refractivity contribution in [2.75, 3.05) is 18.1 Å². The summed E-state index contributed by atoms with van der Waals surface area (Å²) < 4.78 is 54.1. The molecule has 0 saturated carbocycles. The molecular weight excluding hydrogens is 538 g/mol. The standard InChI is InChI=1S/C25H26ClN3O6S2/c26-22-14-12-19(13-15-22)6-4-17-37(34,35)29-24(25(30)28-31)18-27-36(32,33)16-5-10-21-9-3-8-20-7-1-2-11-23(20)21/h1-15,24,27,29,31H,16-18H2,(H,28,30). The summed E-state index contributed by atoms with van der Waals surface area (Å²) >= 11 is 5.82. The van der Waals surface area contributed by atoms with Crippen molar-refractivity contribution in [1.82, 2.24) is 14.9 Å². The fourth-order valence-electron chi connectivity index (χ4n) is 3.38. The number of nitrogens with one attached hydrogen (secondary N) is 3. The second-order valence-corrected chi connectivity index (χ2v) is 12.1. The van der Waals surface area contributed by atoms with Gasteiger partial charge in [-0.15, -0.1) is 0 Å². The summed E-state index contributed by atoms with van der Waals surface area (Å²) in [6.07, 6.45) is 6.05. The van der Waals surface area contributed by atoms with Gasteiger partial charge in [-0.05, 0) is 34.0 Å². The number of benzene rings is 3. The summed E-state index contributed by atoms with van der Waals surface area (Å²) in [7, 11) is -7.95. The van der Waals surface area contributed by atoms with Gasteiger partial charge in [0, 0.05) is 11.6 Å². The molecule has 1 unspecified atom stereocenters. The second kappa shape index (κ2) is 13.0. The molecule has 12 heteroatoms. The number of carbonyl (C=O) groups is 1. The molecule has 1 atom stereocenters. The van der Waals surface area contributed by atoms with E-state index in [1.165, 1.54) is 17.6 Å². The minimum absolute atomic E-state index is 0.403. The molecule has 0 bridgehead atoms. The second-order valence-electron chi connectivity index (χ2n) is 7.98.